The van der Waals surface area contributed by atoms with Crippen molar-refractivity contribution in [1.82, 2.24) is 5.32 Å². The van der Waals surface area contributed by atoms with Crippen LogP contribution in [0.4, 0.5) is 0 Å². The molecule has 0 aliphatic carbocycles. The van der Waals surface area contributed by atoms with Gasteiger partial charge in [0.2, 0.25) is 15.9 Å². The number of nitrogens with one attached hydrogen (secondary N) is 1. The first-order valence-corrected chi connectivity index (χ1v) is 7.53. The lowest BCUT2D eigenvalue weighted by atomic mass is 10.2. The molecule has 0 fully saturated rings. The summed E-state index contributed by atoms with van der Waals surface area (Å²) in [4.78, 5) is 12.2. The molecule has 1 rings (SSSR count). The number of rotatable bonds is 5. The zero-order chi connectivity index (χ0) is 13.1. The van der Waals surface area contributed by atoms with E-state index in [1.165, 1.54) is 6.07 Å². The van der Waals surface area contributed by atoms with E-state index in [0.29, 0.717) is 17.3 Å². The van der Waals surface area contributed by atoms with E-state index >= 15 is 0 Å². The van der Waals surface area contributed by atoms with E-state index in [2.05, 4.69) is 5.32 Å². The normalized spacial score (nSPS) is 11.8. The van der Waals surface area contributed by atoms with E-state index < -0.39 is 10.0 Å². The van der Waals surface area contributed by atoms with E-state index in [-0.39, 0.29) is 16.5 Å². The lowest BCUT2D eigenvalue weighted by molar-refractivity contribution is -0.120. The molecule has 0 aliphatic heterocycles. The van der Waals surface area contributed by atoms with Crippen LogP contribution in [-0.4, -0.2) is 20.9 Å². The Labute approximate surface area is 105 Å². The predicted molar refractivity (Wildman–Crippen MR) is 67.2 cm³/mol. The van der Waals surface area contributed by atoms with E-state index in [0.717, 1.165) is 11.3 Å². The number of hydrogen-bond donors (Lipinski definition) is 2. The third-order valence-electron chi connectivity index (χ3n) is 1.96. The van der Waals surface area contributed by atoms with E-state index in [9.17, 15) is 13.2 Å². The van der Waals surface area contributed by atoms with Gasteiger partial charge >= 0.3 is 0 Å². The topological polar surface area (TPSA) is 89.3 Å². The fourth-order valence-corrected chi connectivity index (χ4v) is 2.92. The summed E-state index contributed by atoms with van der Waals surface area (Å²) in [6.07, 6.45) is 0.187. The standard InChI is InChI=1S/C10H16N2O3S2/c1-7(2)6-12-9(13)5-8-3-4-10(16-8)17(11,14)15/h3-4,7H,5-6H2,1-2H3,(H,12,13)(H2,11,14,15). The SMILES string of the molecule is CC(C)CNC(=O)Cc1ccc(S(N)(=O)=O)s1. The summed E-state index contributed by atoms with van der Waals surface area (Å²) in [6.45, 7) is 4.63. The van der Waals surface area contributed by atoms with Crippen LogP contribution in [0.1, 0.15) is 18.7 Å². The number of carbonyl (C=O) groups is 1. The molecule has 1 amide bonds. The quantitative estimate of drug-likeness (QED) is 0.830. The van der Waals surface area contributed by atoms with Gasteiger partial charge in [0.25, 0.3) is 0 Å². The van der Waals surface area contributed by atoms with Gasteiger partial charge in [0.1, 0.15) is 4.21 Å². The molecule has 0 unspecified atom stereocenters. The number of amides is 1. The molecule has 1 heterocycles. The lowest BCUT2D eigenvalue weighted by Crippen LogP contribution is -2.28. The van der Waals surface area contributed by atoms with Gasteiger partial charge in [-0.3, -0.25) is 4.79 Å². The van der Waals surface area contributed by atoms with Crippen molar-refractivity contribution in [1.29, 1.82) is 0 Å². The molecule has 17 heavy (non-hydrogen) atoms. The highest BCUT2D eigenvalue weighted by Crippen LogP contribution is 2.20. The predicted octanol–water partition coefficient (Wildman–Crippen LogP) is 0.710. The molecule has 96 valence electrons. The van der Waals surface area contributed by atoms with E-state index in [1.54, 1.807) is 6.07 Å². The molecule has 1 aromatic heterocycles. The van der Waals surface area contributed by atoms with Gasteiger partial charge in [-0.1, -0.05) is 13.8 Å². The zero-order valence-corrected chi connectivity index (χ0v) is 11.4. The highest BCUT2D eigenvalue weighted by Gasteiger charge is 2.13. The van der Waals surface area contributed by atoms with Crippen molar-refractivity contribution in [3.05, 3.63) is 17.0 Å². The molecule has 0 aromatic carbocycles. The second kappa shape index (κ2) is 5.61. The minimum atomic E-state index is -3.66. The van der Waals surface area contributed by atoms with Gasteiger partial charge in [-0.25, -0.2) is 13.6 Å². The smallest absolute Gasteiger partial charge is 0.247 e. The average Bonchev–Trinajstić information content (AvgIpc) is 2.62. The first kappa shape index (κ1) is 14.1. The van der Waals surface area contributed by atoms with Crippen LogP contribution in [0.2, 0.25) is 0 Å². The monoisotopic (exact) mass is 276 g/mol. The molecule has 1 aromatic rings. The van der Waals surface area contributed by atoms with Crippen molar-refractivity contribution in [3.63, 3.8) is 0 Å². The highest BCUT2D eigenvalue weighted by molar-refractivity contribution is 7.91. The first-order valence-electron chi connectivity index (χ1n) is 5.17. The van der Waals surface area contributed by atoms with Gasteiger partial charge in [-0.05, 0) is 18.1 Å². The number of thiophene rings is 1. The fourth-order valence-electron chi connectivity index (χ4n) is 1.14. The Morgan fingerprint density at radius 1 is 1.47 bits per heavy atom. The number of primary sulfonamides is 1. The summed E-state index contributed by atoms with van der Waals surface area (Å²) >= 11 is 1.03. The van der Waals surface area contributed by atoms with Crippen molar-refractivity contribution < 1.29 is 13.2 Å². The zero-order valence-electron chi connectivity index (χ0n) is 9.76. The van der Waals surface area contributed by atoms with Crippen LogP contribution >= 0.6 is 11.3 Å². The summed E-state index contributed by atoms with van der Waals surface area (Å²) in [6, 6.07) is 3.03. The average molecular weight is 276 g/mol. The number of carbonyl (C=O) groups excluding carboxylic acids is 1. The van der Waals surface area contributed by atoms with Gasteiger partial charge in [-0.15, -0.1) is 11.3 Å². The maximum absolute atomic E-state index is 11.5. The molecule has 0 radical (unpaired) electrons. The molecule has 3 N–H and O–H groups in total. The van der Waals surface area contributed by atoms with E-state index in [1.807, 2.05) is 13.8 Å². The van der Waals surface area contributed by atoms with Crippen LogP contribution in [-0.2, 0) is 21.2 Å². The van der Waals surface area contributed by atoms with Crippen molar-refractivity contribution in [2.45, 2.75) is 24.5 Å². The van der Waals surface area contributed by atoms with Crippen LogP contribution in [0.5, 0.6) is 0 Å². The third-order valence-corrected chi connectivity index (χ3v) is 4.48. The Bertz CT molecular complexity index is 491. The van der Waals surface area contributed by atoms with Crippen molar-refractivity contribution >= 4 is 27.3 Å². The summed E-state index contributed by atoms with van der Waals surface area (Å²) < 4.78 is 22.2. The van der Waals surface area contributed by atoms with Crippen molar-refractivity contribution in [2.75, 3.05) is 6.54 Å². The van der Waals surface area contributed by atoms with Crippen LogP contribution in [0.25, 0.3) is 0 Å². The molecule has 0 atom stereocenters. The van der Waals surface area contributed by atoms with Gasteiger partial charge in [-0.2, -0.15) is 0 Å². The van der Waals surface area contributed by atoms with Crippen molar-refractivity contribution in [2.24, 2.45) is 11.1 Å². The highest BCUT2D eigenvalue weighted by atomic mass is 32.2. The Hall–Kier alpha value is -0.920. The first-order chi connectivity index (χ1) is 7.79. The molecule has 7 heteroatoms. The molecule has 5 nitrogen and oxygen atoms in total. The summed E-state index contributed by atoms with van der Waals surface area (Å²) in [7, 11) is -3.66. The van der Waals surface area contributed by atoms with Crippen LogP contribution in [0, 0.1) is 5.92 Å². The van der Waals surface area contributed by atoms with Gasteiger partial charge in [0, 0.05) is 11.4 Å². The second-order valence-electron chi connectivity index (χ2n) is 4.14. The molecule has 0 aliphatic rings. The largest absolute Gasteiger partial charge is 0.356 e. The van der Waals surface area contributed by atoms with Gasteiger partial charge < -0.3 is 5.32 Å². The van der Waals surface area contributed by atoms with Gasteiger partial charge in [0.05, 0.1) is 6.42 Å². The molecule has 0 saturated carbocycles. The van der Waals surface area contributed by atoms with Crippen molar-refractivity contribution in [3.8, 4) is 0 Å². The number of hydrogen-bond acceptors (Lipinski definition) is 4. The van der Waals surface area contributed by atoms with Crippen LogP contribution < -0.4 is 10.5 Å². The maximum Gasteiger partial charge on any atom is 0.247 e. The molecular formula is C10H16N2O3S2. The molecule has 0 spiro atoms. The minimum absolute atomic E-state index is 0.0872. The fraction of sp³-hybridized carbons (Fsp3) is 0.500. The number of sulfonamides is 1. The molecule has 0 saturated heterocycles. The molecular weight excluding hydrogens is 260 g/mol. The van der Waals surface area contributed by atoms with E-state index in [4.69, 9.17) is 5.14 Å². The lowest BCUT2D eigenvalue weighted by Gasteiger charge is -2.06. The van der Waals surface area contributed by atoms with Crippen LogP contribution in [0.3, 0.4) is 0 Å². The summed E-state index contributed by atoms with van der Waals surface area (Å²) in [5, 5.41) is 7.75. The second-order valence-corrected chi connectivity index (χ2v) is 7.10. The Morgan fingerprint density at radius 2 is 2.12 bits per heavy atom. The Morgan fingerprint density at radius 3 is 2.59 bits per heavy atom. The Balaban J connectivity index is 2.58. The molecule has 0 bridgehead atoms. The Kier molecular flexibility index (Phi) is 4.67. The van der Waals surface area contributed by atoms with Crippen LogP contribution in [0.15, 0.2) is 16.3 Å². The summed E-state index contributed by atoms with van der Waals surface area (Å²) in [5.74, 6) is 0.281. The summed E-state index contributed by atoms with van der Waals surface area (Å²) in [5.41, 5.74) is 0. The number of nitrogens with two attached hydrogens (primary N) is 1. The minimum Gasteiger partial charge on any atom is -0.356 e. The maximum atomic E-state index is 11.5. The third kappa shape index (κ3) is 4.84. The van der Waals surface area contributed by atoms with Gasteiger partial charge in [0.15, 0.2) is 0 Å².